The van der Waals surface area contributed by atoms with E-state index in [2.05, 4.69) is 194 Å². The third kappa shape index (κ3) is 5.24. The molecule has 0 aliphatic rings. The van der Waals surface area contributed by atoms with E-state index in [1.807, 2.05) is 0 Å². The molecule has 2 heteroatoms. The van der Waals surface area contributed by atoms with Gasteiger partial charge in [-0.1, -0.05) is 211 Å². The Bertz CT molecular complexity index is 2000. The zero-order valence-electron chi connectivity index (χ0n) is 25.5. The molecule has 0 bridgehead atoms. The molecule has 0 saturated carbocycles. The van der Waals surface area contributed by atoms with Gasteiger partial charge in [-0.2, -0.15) is 0 Å². The summed E-state index contributed by atoms with van der Waals surface area (Å²) < 4.78 is 0. The highest BCUT2D eigenvalue weighted by Gasteiger charge is 2.29. The predicted octanol–water partition coefficient (Wildman–Crippen LogP) is 7.93. The van der Waals surface area contributed by atoms with Crippen molar-refractivity contribution in [2.24, 2.45) is 0 Å². The molecule has 46 heavy (non-hydrogen) atoms. The van der Waals surface area contributed by atoms with Crippen LogP contribution in [0.5, 0.6) is 0 Å². The second kappa shape index (κ2) is 12.6. The monoisotopic (exact) mass is 602 g/mol. The Morgan fingerprint density at radius 1 is 0.326 bits per heavy atom. The van der Waals surface area contributed by atoms with Gasteiger partial charge in [-0.15, -0.1) is 0 Å². The Kier molecular flexibility index (Phi) is 7.77. The number of benzene rings is 8. The van der Waals surface area contributed by atoms with Crippen LogP contribution in [0.25, 0.3) is 32.7 Å². The molecule has 8 aromatic carbocycles. The van der Waals surface area contributed by atoms with Gasteiger partial charge in [0, 0.05) is 0 Å². The van der Waals surface area contributed by atoms with E-state index in [1.54, 1.807) is 0 Å². The lowest BCUT2D eigenvalue weighted by molar-refractivity contribution is 1.70. The van der Waals surface area contributed by atoms with Crippen molar-refractivity contribution in [3.8, 4) is 11.1 Å². The summed E-state index contributed by atoms with van der Waals surface area (Å²) in [5, 5.41) is 9.16. The lowest BCUT2D eigenvalue weighted by Crippen LogP contribution is -2.52. The van der Waals surface area contributed by atoms with Gasteiger partial charge in [0.2, 0.25) is 6.71 Å². The molecule has 0 aliphatic heterocycles. The van der Waals surface area contributed by atoms with Gasteiger partial charge in [-0.05, 0) is 56.5 Å². The van der Waals surface area contributed by atoms with Crippen molar-refractivity contribution in [1.29, 1.82) is 0 Å². The SMILES string of the molecule is c1ccc(B(c2ccccc2)c2ccc3ccccc3c2-c2c(P(c3ccccc3)c3ccccc3)ccc3ccccc23)cc1. The van der Waals surface area contributed by atoms with Crippen LogP contribution in [0.4, 0.5) is 0 Å². The summed E-state index contributed by atoms with van der Waals surface area (Å²) in [5.74, 6) is 0. The van der Waals surface area contributed by atoms with E-state index in [4.69, 9.17) is 0 Å². The van der Waals surface area contributed by atoms with E-state index in [1.165, 1.54) is 65.0 Å². The highest BCUT2D eigenvalue weighted by molar-refractivity contribution is 7.80. The van der Waals surface area contributed by atoms with E-state index in [0.29, 0.717) is 0 Å². The highest BCUT2D eigenvalue weighted by Crippen LogP contribution is 2.41. The lowest BCUT2D eigenvalue weighted by Gasteiger charge is -2.27. The Hall–Kier alpha value is -5.23. The van der Waals surface area contributed by atoms with E-state index < -0.39 is 7.92 Å². The van der Waals surface area contributed by atoms with Crippen LogP contribution >= 0.6 is 7.92 Å². The highest BCUT2D eigenvalue weighted by atomic mass is 31.1. The van der Waals surface area contributed by atoms with Crippen LogP contribution in [0.2, 0.25) is 0 Å². The van der Waals surface area contributed by atoms with Crippen molar-refractivity contribution in [3.63, 3.8) is 0 Å². The van der Waals surface area contributed by atoms with Crippen LogP contribution in [-0.2, 0) is 0 Å². The largest absolute Gasteiger partial charge is 0.242 e. The van der Waals surface area contributed by atoms with Crippen molar-refractivity contribution in [3.05, 3.63) is 194 Å². The molecule has 0 amide bonds. The summed E-state index contributed by atoms with van der Waals surface area (Å²) in [6, 6.07) is 71.5. The fraction of sp³-hybridized carbons (Fsp3) is 0. The Labute approximate surface area is 272 Å². The van der Waals surface area contributed by atoms with E-state index in [0.717, 1.165) is 0 Å². The minimum Gasteiger partial charge on any atom is -0.0686 e. The first kappa shape index (κ1) is 28.3. The summed E-state index contributed by atoms with van der Waals surface area (Å²) in [6.45, 7) is 0.0634. The topological polar surface area (TPSA) is 0 Å². The van der Waals surface area contributed by atoms with Crippen molar-refractivity contribution in [2.45, 2.75) is 0 Å². The molecule has 0 fully saturated rings. The third-order valence-electron chi connectivity index (χ3n) is 8.96. The van der Waals surface area contributed by atoms with Gasteiger partial charge in [0.1, 0.15) is 0 Å². The molecule has 8 rings (SSSR count). The van der Waals surface area contributed by atoms with E-state index in [-0.39, 0.29) is 6.71 Å². The Morgan fingerprint density at radius 3 is 1.26 bits per heavy atom. The second-order valence-electron chi connectivity index (χ2n) is 11.7. The maximum absolute atomic E-state index is 2.41. The predicted molar refractivity (Wildman–Crippen MR) is 203 cm³/mol. The zero-order valence-corrected chi connectivity index (χ0v) is 26.4. The molecule has 0 aliphatic carbocycles. The maximum atomic E-state index is 2.41. The van der Waals surface area contributed by atoms with Gasteiger partial charge in [-0.25, -0.2) is 0 Å². The summed E-state index contributed by atoms with van der Waals surface area (Å²) in [5.41, 5.74) is 6.56. The van der Waals surface area contributed by atoms with Crippen LogP contribution in [0, 0.1) is 0 Å². The molecular formula is C44H32BP. The first-order valence-electron chi connectivity index (χ1n) is 15.9. The number of hydrogen-bond donors (Lipinski definition) is 0. The van der Waals surface area contributed by atoms with Crippen LogP contribution in [0.3, 0.4) is 0 Å². The van der Waals surface area contributed by atoms with Gasteiger partial charge in [0.15, 0.2) is 0 Å². The van der Waals surface area contributed by atoms with Gasteiger partial charge < -0.3 is 0 Å². The quantitative estimate of drug-likeness (QED) is 0.128. The van der Waals surface area contributed by atoms with Gasteiger partial charge in [-0.3, -0.25) is 0 Å². The second-order valence-corrected chi connectivity index (χ2v) is 13.9. The van der Waals surface area contributed by atoms with Crippen molar-refractivity contribution in [1.82, 2.24) is 0 Å². The summed E-state index contributed by atoms with van der Waals surface area (Å²) >= 11 is 0. The standard InChI is InChI=1S/C44H32BP/c1-5-19-35(20-6-1)45(36-21-7-2-8-22-36)41-31-29-33-17-13-15-27-39(33)43(41)44-40-28-16-14-18-34(40)30-32-42(44)46(37-23-9-3-10-24-37)38-25-11-4-12-26-38/h1-32H. The summed E-state index contributed by atoms with van der Waals surface area (Å²) in [7, 11) is -0.859. The Morgan fingerprint density at radius 2 is 0.739 bits per heavy atom. The summed E-state index contributed by atoms with van der Waals surface area (Å²) in [6.07, 6.45) is 0. The molecule has 0 saturated heterocycles. The molecule has 0 atom stereocenters. The molecule has 0 aromatic heterocycles. The first-order valence-corrected chi connectivity index (χ1v) is 17.2. The van der Waals surface area contributed by atoms with Gasteiger partial charge in [0.05, 0.1) is 0 Å². The zero-order chi connectivity index (χ0) is 30.7. The summed E-state index contributed by atoms with van der Waals surface area (Å²) in [4.78, 5) is 0. The normalized spacial score (nSPS) is 11.2. The minimum absolute atomic E-state index is 0.0634. The van der Waals surface area contributed by atoms with Crippen molar-refractivity contribution < 1.29 is 0 Å². The number of rotatable bonds is 7. The van der Waals surface area contributed by atoms with Crippen LogP contribution in [0.15, 0.2) is 194 Å². The fourth-order valence-corrected chi connectivity index (χ4v) is 9.42. The molecule has 0 N–H and O–H groups in total. The van der Waals surface area contributed by atoms with Gasteiger partial charge in [0.25, 0.3) is 0 Å². The third-order valence-corrected chi connectivity index (χ3v) is 11.4. The Balaban J connectivity index is 1.53. The molecule has 0 unspecified atom stereocenters. The smallest absolute Gasteiger partial charge is 0.0686 e. The lowest BCUT2D eigenvalue weighted by atomic mass is 9.36. The number of hydrogen-bond acceptors (Lipinski definition) is 0. The average Bonchev–Trinajstić information content (AvgIpc) is 3.14. The maximum Gasteiger partial charge on any atom is 0.242 e. The molecular weight excluding hydrogens is 570 g/mol. The molecule has 0 spiro atoms. The molecule has 0 heterocycles. The number of fused-ring (bicyclic) bond motifs is 2. The molecule has 216 valence electrons. The average molecular weight is 603 g/mol. The van der Waals surface area contributed by atoms with Crippen LogP contribution < -0.4 is 32.3 Å². The van der Waals surface area contributed by atoms with Crippen molar-refractivity contribution >= 4 is 68.5 Å². The van der Waals surface area contributed by atoms with Gasteiger partial charge >= 0.3 is 0 Å². The van der Waals surface area contributed by atoms with Crippen molar-refractivity contribution in [2.75, 3.05) is 0 Å². The molecule has 0 radical (unpaired) electrons. The van der Waals surface area contributed by atoms with E-state index in [9.17, 15) is 0 Å². The fourth-order valence-electron chi connectivity index (χ4n) is 6.94. The molecule has 0 nitrogen and oxygen atoms in total. The van der Waals surface area contributed by atoms with Crippen LogP contribution in [0.1, 0.15) is 0 Å². The minimum atomic E-state index is -0.859. The molecule has 8 aromatic rings. The van der Waals surface area contributed by atoms with Crippen LogP contribution in [-0.4, -0.2) is 6.71 Å². The van der Waals surface area contributed by atoms with E-state index >= 15 is 0 Å². The first-order chi connectivity index (χ1) is 22.9.